The zero-order valence-electron chi connectivity index (χ0n) is 16.5. The van der Waals surface area contributed by atoms with Crippen molar-refractivity contribution >= 4 is 27.6 Å². The summed E-state index contributed by atoms with van der Waals surface area (Å²) in [5, 5.41) is 0.619. The van der Waals surface area contributed by atoms with E-state index in [9.17, 15) is 17.6 Å². The molecule has 0 saturated carbocycles. The van der Waals surface area contributed by atoms with Crippen LogP contribution in [0.25, 0.3) is 0 Å². The summed E-state index contributed by atoms with van der Waals surface area (Å²) in [5.74, 6) is -1.23. The van der Waals surface area contributed by atoms with Crippen LogP contribution in [0.2, 0.25) is 5.02 Å². The number of methoxy groups -OCH3 is 1. The predicted molar refractivity (Wildman–Crippen MR) is 111 cm³/mol. The molecular weight excluding hydrogens is 445 g/mol. The highest BCUT2D eigenvalue weighted by atomic mass is 35.5. The fourth-order valence-corrected chi connectivity index (χ4v) is 5.26. The number of carbonyl (C=O) groups excluding carboxylic acids is 1. The van der Waals surface area contributed by atoms with Crippen molar-refractivity contribution in [1.82, 2.24) is 13.9 Å². The molecule has 0 unspecified atom stereocenters. The minimum absolute atomic E-state index is 0.0671. The van der Waals surface area contributed by atoms with E-state index in [0.29, 0.717) is 23.0 Å². The van der Waals surface area contributed by atoms with E-state index in [1.54, 1.807) is 18.5 Å². The fraction of sp³-hybridized carbons (Fsp3) is 0.238. The maximum Gasteiger partial charge on any atom is 0.324 e. The van der Waals surface area contributed by atoms with Gasteiger partial charge < -0.3 is 9.30 Å². The van der Waals surface area contributed by atoms with Gasteiger partial charge in [-0.05, 0) is 42.0 Å². The Labute approximate surface area is 184 Å². The van der Waals surface area contributed by atoms with Gasteiger partial charge in [0, 0.05) is 18.0 Å². The molecule has 0 aliphatic carbocycles. The van der Waals surface area contributed by atoms with E-state index in [2.05, 4.69) is 4.98 Å². The van der Waals surface area contributed by atoms with Gasteiger partial charge in [0.15, 0.2) is 0 Å². The van der Waals surface area contributed by atoms with E-state index in [0.717, 1.165) is 22.0 Å². The number of esters is 1. The van der Waals surface area contributed by atoms with Crippen LogP contribution in [0, 0.1) is 5.82 Å². The second-order valence-electron chi connectivity index (χ2n) is 7.14. The largest absolute Gasteiger partial charge is 0.468 e. The molecule has 1 aliphatic heterocycles. The van der Waals surface area contributed by atoms with Gasteiger partial charge in [-0.2, -0.15) is 4.31 Å². The van der Waals surface area contributed by atoms with Gasteiger partial charge in [0.05, 0.1) is 36.3 Å². The summed E-state index contributed by atoms with van der Waals surface area (Å²) in [7, 11) is -2.88. The Hall–Kier alpha value is -2.75. The van der Waals surface area contributed by atoms with Crippen molar-refractivity contribution in [2.24, 2.45) is 0 Å². The molecule has 162 valence electrons. The third kappa shape index (κ3) is 4.21. The van der Waals surface area contributed by atoms with E-state index >= 15 is 0 Å². The summed E-state index contributed by atoms with van der Waals surface area (Å²) in [5.41, 5.74) is 2.28. The first-order valence-corrected chi connectivity index (χ1v) is 11.2. The Bertz CT molecular complexity index is 1210. The van der Waals surface area contributed by atoms with Crippen molar-refractivity contribution in [3.8, 4) is 0 Å². The molecule has 0 spiro atoms. The Morgan fingerprint density at radius 2 is 1.87 bits per heavy atom. The third-order valence-corrected chi connectivity index (χ3v) is 7.35. The second-order valence-corrected chi connectivity index (χ2v) is 9.47. The van der Waals surface area contributed by atoms with Crippen LogP contribution >= 0.6 is 11.6 Å². The van der Waals surface area contributed by atoms with Gasteiger partial charge in [-0.15, -0.1) is 0 Å². The van der Waals surface area contributed by atoms with Crippen LogP contribution in [0.15, 0.2) is 59.8 Å². The summed E-state index contributed by atoms with van der Waals surface area (Å²) in [6, 6.07) is 10.7. The fourth-order valence-electron chi connectivity index (χ4n) is 3.60. The number of rotatable bonds is 5. The van der Waals surface area contributed by atoms with Crippen LogP contribution in [0.4, 0.5) is 4.39 Å². The minimum atomic E-state index is -4.09. The maximum absolute atomic E-state index is 13.3. The Morgan fingerprint density at radius 3 is 2.52 bits per heavy atom. The second kappa shape index (κ2) is 8.41. The van der Waals surface area contributed by atoms with E-state index in [1.165, 1.54) is 19.2 Å². The molecule has 0 radical (unpaired) electrons. The summed E-state index contributed by atoms with van der Waals surface area (Å²) in [6.07, 6.45) is 1.71. The van der Waals surface area contributed by atoms with E-state index in [1.807, 2.05) is 16.7 Å². The predicted octanol–water partition coefficient (Wildman–Crippen LogP) is 3.01. The van der Waals surface area contributed by atoms with E-state index in [4.69, 9.17) is 16.3 Å². The summed E-state index contributed by atoms with van der Waals surface area (Å²) in [6.45, 7) is 0.398. The molecule has 31 heavy (non-hydrogen) atoms. The first-order chi connectivity index (χ1) is 14.8. The van der Waals surface area contributed by atoms with Gasteiger partial charge in [0.2, 0.25) is 10.0 Å². The molecule has 0 bridgehead atoms. The molecule has 3 aromatic rings. The lowest BCUT2D eigenvalue weighted by Crippen LogP contribution is -2.49. The highest BCUT2D eigenvalue weighted by molar-refractivity contribution is 7.89. The molecule has 2 heterocycles. The average molecular weight is 464 g/mol. The molecule has 7 nitrogen and oxygen atoms in total. The van der Waals surface area contributed by atoms with Crippen LogP contribution in [0.1, 0.15) is 17.0 Å². The van der Waals surface area contributed by atoms with Gasteiger partial charge in [0.1, 0.15) is 11.9 Å². The smallest absolute Gasteiger partial charge is 0.324 e. The average Bonchev–Trinajstić information content (AvgIpc) is 3.16. The van der Waals surface area contributed by atoms with Crippen LogP contribution in [-0.2, 0) is 39.1 Å². The number of halogens is 2. The standard InChI is InChI=1S/C21H19ClFN3O4S/c1-30-21(27)19-10-18-20(25(13-24-18)11-14-2-4-15(22)5-3-14)12-26(19)31(28,29)17-8-6-16(23)7-9-17/h2-9,13,19H,10-12H2,1H3/t19-/m1/s1. The molecule has 0 saturated heterocycles. The Morgan fingerprint density at radius 1 is 1.19 bits per heavy atom. The van der Waals surface area contributed by atoms with Crippen molar-refractivity contribution in [2.75, 3.05) is 7.11 Å². The molecule has 0 N–H and O–H groups in total. The van der Waals surface area contributed by atoms with E-state index < -0.39 is 27.9 Å². The number of ether oxygens (including phenoxy) is 1. The van der Waals surface area contributed by atoms with Crippen molar-refractivity contribution in [3.63, 3.8) is 0 Å². The molecule has 4 rings (SSSR count). The molecule has 10 heteroatoms. The quantitative estimate of drug-likeness (QED) is 0.543. The number of nitrogens with zero attached hydrogens (tertiary/aromatic N) is 3. The SMILES string of the molecule is COC(=O)[C@H]1Cc2ncn(Cc3ccc(Cl)cc3)c2CN1S(=O)(=O)c1ccc(F)cc1. The number of sulfonamides is 1. The molecule has 1 atom stereocenters. The lowest BCUT2D eigenvalue weighted by Gasteiger charge is -2.33. The zero-order valence-corrected chi connectivity index (χ0v) is 18.1. The number of hydrogen-bond donors (Lipinski definition) is 0. The molecule has 0 fully saturated rings. The number of aromatic nitrogens is 2. The zero-order chi connectivity index (χ0) is 22.2. The van der Waals surface area contributed by atoms with Gasteiger partial charge in [-0.3, -0.25) is 4.79 Å². The highest BCUT2D eigenvalue weighted by Gasteiger charge is 2.42. The highest BCUT2D eigenvalue weighted by Crippen LogP contribution is 2.30. The number of benzene rings is 2. The minimum Gasteiger partial charge on any atom is -0.468 e. The van der Waals surface area contributed by atoms with Crippen molar-refractivity contribution in [1.29, 1.82) is 0 Å². The molecule has 1 aromatic heterocycles. The van der Waals surface area contributed by atoms with E-state index in [-0.39, 0.29) is 17.9 Å². The number of carbonyl (C=O) groups is 1. The Balaban J connectivity index is 1.71. The molecular formula is C21H19ClFN3O4S. The monoisotopic (exact) mass is 463 g/mol. The Kier molecular flexibility index (Phi) is 5.83. The van der Waals surface area contributed by atoms with Crippen molar-refractivity contribution in [2.45, 2.75) is 30.4 Å². The number of fused-ring (bicyclic) bond motifs is 1. The third-order valence-electron chi connectivity index (χ3n) is 5.23. The maximum atomic E-state index is 13.3. The van der Waals surface area contributed by atoms with Gasteiger partial charge in [-0.1, -0.05) is 23.7 Å². The van der Waals surface area contributed by atoms with Crippen LogP contribution < -0.4 is 0 Å². The van der Waals surface area contributed by atoms with Crippen LogP contribution in [0.3, 0.4) is 0 Å². The normalized spacial score (nSPS) is 16.7. The van der Waals surface area contributed by atoms with Crippen LogP contribution in [-0.4, -0.2) is 41.4 Å². The number of hydrogen-bond acceptors (Lipinski definition) is 5. The first-order valence-electron chi connectivity index (χ1n) is 9.42. The van der Waals surface area contributed by atoms with Crippen molar-refractivity contribution < 1.29 is 22.3 Å². The van der Waals surface area contributed by atoms with Gasteiger partial charge in [0.25, 0.3) is 0 Å². The molecule has 2 aromatic carbocycles. The lowest BCUT2D eigenvalue weighted by atomic mass is 10.1. The first kappa shape index (κ1) is 21.5. The molecule has 0 amide bonds. The summed E-state index contributed by atoms with van der Waals surface area (Å²) >= 11 is 5.95. The van der Waals surface area contributed by atoms with Crippen LogP contribution in [0.5, 0.6) is 0 Å². The van der Waals surface area contributed by atoms with Crippen molar-refractivity contribution in [3.05, 3.63) is 82.6 Å². The summed E-state index contributed by atoms with van der Waals surface area (Å²) in [4.78, 5) is 16.7. The van der Waals surface area contributed by atoms with Gasteiger partial charge >= 0.3 is 5.97 Å². The summed E-state index contributed by atoms with van der Waals surface area (Å²) < 4.78 is 47.7. The topological polar surface area (TPSA) is 81.5 Å². The lowest BCUT2D eigenvalue weighted by molar-refractivity contribution is -0.145. The number of imidazole rings is 1. The molecule has 1 aliphatic rings. The van der Waals surface area contributed by atoms with Gasteiger partial charge in [-0.25, -0.2) is 17.8 Å².